The molecule has 0 aromatic heterocycles. The number of nitrogens with zero attached hydrogens (tertiary/aromatic N) is 1. The lowest BCUT2D eigenvalue weighted by Gasteiger charge is -2.51. The summed E-state index contributed by atoms with van der Waals surface area (Å²) in [5.74, 6) is 16.1. The molecule has 9 saturated carbocycles. The van der Waals surface area contributed by atoms with E-state index in [1.807, 2.05) is 37.3 Å². The maximum absolute atomic E-state index is 12.2. The maximum Gasteiger partial charge on any atom is 0.139 e. The van der Waals surface area contributed by atoms with Crippen LogP contribution >= 0.6 is 29.5 Å². The summed E-state index contributed by atoms with van der Waals surface area (Å²) in [7, 11) is 0. The highest BCUT2D eigenvalue weighted by atomic mass is 127. The van der Waals surface area contributed by atoms with E-state index in [0.29, 0.717) is 57.4 Å². The number of aryl methyl sites for hydroxylation is 3. The Morgan fingerprint density at radius 1 is 0.469 bits per heavy atom. The number of hydrogen-bond donors (Lipinski definition) is 3. The van der Waals surface area contributed by atoms with Gasteiger partial charge in [0.05, 0.1) is 6.07 Å². The lowest BCUT2D eigenvalue weighted by atomic mass is 9.53. The van der Waals surface area contributed by atoms with Crippen molar-refractivity contribution in [2.24, 2.45) is 93.2 Å². The van der Waals surface area contributed by atoms with E-state index in [-0.39, 0.29) is 5.41 Å². The molecule has 19 rings (SSSR count). The Labute approximate surface area is 804 Å². The molecule has 8 unspecified atom stereocenters. The van der Waals surface area contributed by atoms with Crippen LogP contribution in [0, 0.1) is 105 Å². The van der Waals surface area contributed by atoms with Gasteiger partial charge in [0.25, 0.3) is 0 Å². The Bertz CT molecular complexity index is 4750. The summed E-state index contributed by atoms with van der Waals surface area (Å²) in [5.41, 5.74) is 17.2. The van der Waals surface area contributed by atoms with E-state index < -0.39 is 6.89 Å². The Morgan fingerprint density at radius 3 is 1.35 bits per heavy atom. The van der Waals surface area contributed by atoms with Gasteiger partial charge in [-0.1, -0.05) is 303 Å². The van der Waals surface area contributed by atoms with Crippen LogP contribution in [0.1, 0.15) is 366 Å². The fourth-order valence-electron chi connectivity index (χ4n) is 27.2. The summed E-state index contributed by atoms with van der Waals surface area (Å²) in [6.45, 7) is 40.3. The monoisotopic (exact) mass is 1890 g/mol. The van der Waals surface area contributed by atoms with E-state index >= 15 is 0 Å². The van der Waals surface area contributed by atoms with Crippen molar-refractivity contribution in [3.8, 4) is 23.3 Å². The molecule has 0 amide bonds. The van der Waals surface area contributed by atoms with Crippen LogP contribution in [0.4, 0.5) is 0 Å². The number of allylic oxidation sites excluding steroid dienone is 9. The molecule has 130 heavy (non-hydrogen) atoms. The third-order valence-corrected chi connectivity index (χ3v) is 39.3. The van der Waals surface area contributed by atoms with Crippen molar-refractivity contribution in [2.75, 3.05) is 0 Å². The van der Waals surface area contributed by atoms with E-state index in [2.05, 4.69) is 252 Å². The first-order chi connectivity index (χ1) is 62.7. The van der Waals surface area contributed by atoms with E-state index in [1.54, 1.807) is 28.8 Å². The number of aromatic hydroxyl groups is 3. The van der Waals surface area contributed by atoms with Crippen molar-refractivity contribution in [1.29, 1.82) is 5.26 Å². The zero-order valence-corrected chi connectivity index (χ0v) is 86.0. The van der Waals surface area contributed by atoms with Gasteiger partial charge in [0.1, 0.15) is 28.8 Å². The molecule has 0 radical (unpaired) electrons. The van der Waals surface area contributed by atoms with Gasteiger partial charge in [0, 0.05) is 31.1 Å². The highest BCUT2D eigenvalue weighted by Gasteiger charge is 2.57. The number of carbonyl (C=O) groups is 2. The van der Waals surface area contributed by atoms with Gasteiger partial charge in [-0.25, -0.2) is 0 Å². The quantitative estimate of drug-likeness (QED) is 0.0505. The summed E-state index contributed by atoms with van der Waals surface area (Å²) in [6.07, 6.45) is 56.1. The normalized spacial score (nSPS) is 29.9. The highest BCUT2D eigenvalue weighted by molar-refractivity contribution is 14.1. The number of nitriles is 1. The molecule has 6 aromatic carbocycles. The van der Waals surface area contributed by atoms with Gasteiger partial charge in [-0.2, -0.15) is 5.26 Å². The topological polar surface area (TPSA) is 119 Å². The summed E-state index contributed by atoms with van der Waals surface area (Å²) in [6, 6.07) is 52.8. The minimum absolute atomic E-state index is 0.109. The predicted molar refractivity (Wildman–Crippen MR) is 566 cm³/mol. The summed E-state index contributed by atoms with van der Waals surface area (Å²) >= 11 is 2.47. The first-order valence-electron chi connectivity index (χ1n) is 52.2. The van der Waals surface area contributed by atoms with Gasteiger partial charge in [-0.05, 0) is 411 Å². The minimum atomic E-state index is -1.69. The molecule has 0 heterocycles. The van der Waals surface area contributed by atoms with Crippen LogP contribution in [0.3, 0.4) is 0 Å². The SMILES string of the molecule is C=C(CCC)[C@H]1CCC2C3CCc4cc(O)ccc4C3CC[C@@]21C.C=C(CCC)[C@H]1CCC[C@H]1C.C=C(I)[C@H]1CCC2C3CCc4cc(O)ccc4C3CC[C@@]21C.CC#N.CCC/C=C1/CCC[C@H]1C.CCC/C=C1/CCC[C@H]1C.CCCC=P(c1ccccc1)(c1ccccc1)c1ccccc1.C[C@@H]1CCCC1=O.C[C@]12CC=C3c4ccc(O)cc4CCC3C1CCC2=O. The van der Waals surface area contributed by atoms with Crippen molar-refractivity contribution < 1.29 is 24.9 Å². The van der Waals surface area contributed by atoms with Crippen molar-refractivity contribution in [3.05, 3.63) is 243 Å². The van der Waals surface area contributed by atoms with E-state index in [1.165, 1.54) is 251 Å². The number of ketones is 2. The first-order valence-corrected chi connectivity index (χ1v) is 55.1. The second-order valence-electron chi connectivity index (χ2n) is 42.5. The van der Waals surface area contributed by atoms with Crippen LogP contribution in [0.2, 0.25) is 0 Å². The fourth-order valence-corrected chi connectivity index (χ4v) is 32.4. The number of phenols is 3. The fraction of sp³-hybridized carbons (Fsp3) is 0.574. The van der Waals surface area contributed by atoms with E-state index in [0.717, 1.165) is 142 Å². The molecule has 0 saturated heterocycles. The van der Waals surface area contributed by atoms with E-state index in [9.17, 15) is 24.9 Å². The number of unbranched alkanes of at least 4 members (excludes halogenated alkanes) is 3. The van der Waals surface area contributed by atoms with Gasteiger partial charge < -0.3 is 15.3 Å². The van der Waals surface area contributed by atoms with Crippen LogP contribution in [0.25, 0.3) is 5.57 Å². The molecule has 13 aliphatic carbocycles. The molecule has 13 aliphatic rings. The van der Waals surface area contributed by atoms with Crippen LogP contribution in [0.5, 0.6) is 17.2 Å². The molecule has 9 fully saturated rings. The van der Waals surface area contributed by atoms with Crippen molar-refractivity contribution in [2.45, 2.75) is 352 Å². The van der Waals surface area contributed by atoms with Gasteiger partial charge in [0.2, 0.25) is 0 Å². The second-order valence-corrected chi connectivity index (χ2v) is 47.2. The average Bonchev–Trinajstić information content (AvgIpc) is 1.40. The van der Waals surface area contributed by atoms with Gasteiger partial charge >= 0.3 is 0 Å². The molecule has 18 atom stereocenters. The van der Waals surface area contributed by atoms with Crippen LogP contribution < -0.4 is 15.9 Å². The first kappa shape index (κ1) is 104. The third-order valence-electron chi connectivity index (χ3n) is 34.4. The average molecular weight is 1890 g/mol. The number of halogens is 1. The Hall–Kier alpha value is -6.98. The Morgan fingerprint density at radius 2 is 0.923 bits per heavy atom. The zero-order chi connectivity index (χ0) is 93.3. The summed E-state index contributed by atoms with van der Waals surface area (Å²) < 4.78 is 1.38. The second kappa shape index (κ2) is 49.5. The molecule has 8 heteroatoms. The maximum atomic E-state index is 12.2. The van der Waals surface area contributed by atoms with E-state index in [4.69, 9.17) is 5.26 Å². The number of hydrogen-bond acceptors (Lipinski definition) is 6. The smallest absolute Gasteiger partial charge is 0.139 e. The molecular formula is C122H169INO5P. The standard InChI is InChI=1S/C23H32O.C22H23P.C20H25IO.C18H20O2.C11H20.2C10H18.C6H10O.C2H3N/c1-4-5-15(2)21-10-11-22-20-8-6-16-14-17(24)7-9-18(16)19(20)12-13-23(21,22)3;1-2-3-19-23(20-13-7-4-8-14-20,21-15-9-5-10-16-21)22-17-11-6-12-18-22;1-12(21)18-7-8-19-17-5-3-13-11-14(22)4-6-15(13)16(17)9-10-20(18,19)2;1-18-9-8-14-13-5-3-12(19)10-11(13)2-4-15(14)16(18)6-7-17(18)20;1-4-6-9(2)11-8-5-7-10(11)3;2*1-3-4-7-10-8-5-6-9(10)2;1-5-3-2-4-6(5)7;1-2-3/h7,9,14,19-22,24H,2,4-6,8,10-13H2,1,3H3;4-19H,2-3H2,1H3;4,6,11,16-19,22H,1,3,5,7-10H2,2H3;3,5,8,10,15-16,19H,2,4,6-7,9H2,1H3;10-11H,2,4-8H2,1,3H3;2*7,9H,3-6,8H2,1-2H3;5H,2-4H2,1H3;1H3/b;;;;;2*10-7-;;/t19?,20?,21-,22?,23-;;16?,17?,18-,19?,20-;15?,16?,18-;10-,11-;2*9-;5-;/m1.101111./s1. The third kappa shape index (κ3) is 24.8. The Balaban J connectivity index is 0.000000147. The summed E-state index contributed by atoms with van der Waals surface area (Å²) in [4.78, 5) is 22.8. The van der Waals surface area contributed by atoms with Gasteiger partial charge in [-0.15, -0.1) is 0 Å². The molecule has 0 bridgehead atoms. The van der Waals surface area contributed by atoms with Crippen molar-refractivity contribution in [3.63, 3.8) is 0 Å². The minimum Gasteiger partial charge on any atom is -0.508 e. The molecule has 704 valence electrons. The zero-order valence-electron chi connectivity index (χ0n) is 83.0. The number of phenolic OH excluding ortho intramolecular Hbond substituents is 3. The summed E-state index contributed by atoms with van der Waals surface area (Å²) in [5, 5.41) is 40.8. The number of carbonyl (C=O) groups excluding carboxylic acids is 2. The number of benzene rings is 6. The molecule has 0 aliphatic heterocycles. The Kier molecular flexibility index (Phi) is 39.4. The molecule has 0 spiro atoms. The number of fused-ring (bicyclic) bond motifs is 15. The van der Waals surface area contributed by atoms with Gasteiger partial charge in [-0.3, -0.25) is 9.59 Å². The highest BCUT2D eigenvalue weighted by Crippen LogP contribution is 2.67. The van der Waals surface area contributed by atoms with Crippen LogP contribution in [-0.2, 0) is 28.9 Å². The lowest BCUT2D eigenvalue weighted by molar-refractivity contribution is -0.126. The lowest BCUT2D eigenvalue weighted by Crippen LogP contribution is -2.42. The molecule has 3 N–H and O–H groups in total. The predicted octanol–water partition coefficient (Wildman–Crippen LogP) is 33.1. The van der Waals surface area contributed by atoms with Crippen molar-refractivity contribution >= 4 is 68.3 Å². The largest absolute Gasteiger partial charge is 0.508 e. The van der Waals surface area contributed by atoms with Crippen molar-refractivity contribution in [1.82, 2.24) is 0 Å². The molecule has 6 nitrogen and oxygen atoms in total. The number of Topliss-reactive ketones (excluding diaryl/α,β-unsaturated/α-hetero) is 2. The number of rotatable bonds is 16. The van der Waals surface area contributed by atoms with Crippen LogP contribution in [0.15, 0.2) is 209 Å². The molecular weight excluding hydrogens is 1720 g/mol. The molecule has 6 aromatic rings. The van der Waals surface area contributed by atoms with Crippen LogP contribution in [-0.4, -0.2) is 32.7 Å². The van der Waals surface area contributed by atoms with Gasteiger partial charge in [0.15, 0.2) is 0 Å².